The van der Waals surface area contributed by atoms with Gasteiger partial charge in [-0.05, 0) is 63.4 Å². The van der Waals surface area contributed by atoms with Crippen molar-refractivity contribution in [2.24, 2.45) is 0 Å². The Morgan fingerprint density at radius 3 is 2.52 bits per heavy atom. The second-order valence-corrected chi connectivity index (χ2v) is 11.9. The number of hydrogen-bond acceptors (Lipinski definition) is 7. The van der Waals surface area contributed by atoms with Crippen molar-refractivity contribution < 1.29 is 19.1 Å². The first kappa shape index (κ1) is 30.4. The number of H-pyrrole nitrogens is 1. The van der Waals surface area contributed by atoms with Crippen molar-refractivity contribution in [2.45, 2.75) is 45.3 Å². The molecule has 44 heavy (non-hydrogen) atoms. The van der Waals surface area contributed by atoms with E-state index in [4.69, 9.17) is 15.2 Å². The van der Waals surface area contributed by atoms with Crippen molar-refractivity contribution in [3.8, 4) is 22.6 Å². The van der Waals surface area contributed by atoms with Crippen LogP contribution in [-0.2, 0) is 9.53 Å². The number of anilines is 1. The Balaban J connectivity index is 1.35. The van der Waals surface area contributed by atoms with Crippen LogP contribution >= 0.6 is 0 Å². The number of amides is 2. The van der Waals surface area contributed by atoms with Crippen molar-refractivity contribution in [1.29, 1.82) is 0 Å². The van der Waals surface area contributed by atoms with E-state index in [0.29, 0.717) is 29.7 Å². The highest BCUT2D eigenvalue weighted by Gasteiger charge is 2.28. The molecule has 230 valence electrons. The monoisotopic (exact) mass is 598 g/mol. The Kier molecular flexibility index (Phi) is 8.75. The summed E-state index contributed by atoms with van der Waals surface area (Å²) in [4.78, 5) is 41.6. The maximum Gasteiger partial charge on any atom is 0.410 e. The van der Waals surface area contributed by atoms with Gasteiger partial charge in [0.15, 0.2) is 5.82 Å². The van der Waals surface area contributed by atoms with E-state index >= 15 is 0 Å². The van der Waals surface area contributed by atoms with Crippen LogP contribution in [0.4, 0.5) is 10.6 Å². The quantitative estimate of drug-likeness (QED) is 0.274. The number of nitrogens with zero attached hydrogens (tertiary/aromatic N) is 4. The Labute approximate surface area is 255 Å². The number of hydrogen-bond donors (Lipinski definition) is 2. The van der Waals surface area contributed by atoms with Gasteiger partial charge in [0.2, 0.25) is 5.91 Å². The third-order valence-corrected chi connectivity index (χ3v) is 7.37. The topological polar surface area (TPSA) is 136 Å². The van der Waals surface area contributed by atoms with E-state index in [2.05, 4.69) is 10.2 Å². The predicted octanol–water partition coefficient (Wildman–Crippen LogP) is 5.35. The first-order chi connectivity index (χ1) is 21.0. The standard InChI is InChI=1S/C33H38N6O5/c1-33(2,3)44-32(42)37(4)18-9-13-27(40)38-19-8-10-23(20-38)39-21-26(28-29(39)31(41)36-35-30(28)34)22-14-16-25(17-15-22)43-24-11-6-5-7-12-24/h5-7,9,11-17,21,23H,8,10,18-20H2,1-4H3,(H2,34,35)(H,36,41)/b13-9+/t23-/m1/s1. The Morgan fingerprint density at radius 1 is 1.11 bits per heavy atom. The molecular weight excluding hydrogens is 560 g/mol. The lowest BCUT2D eigenvalue weighted by Crippen LogP contribution is -2.40. The highest BCUT2D eigenvalue weighted by Crippen LogP contribution is 2.36. The maximum absolute atomic E-state index is 13.1. The maximum atomic E-state index is 13.1. The van der Waals surface area contributed by atoms with E-state index in [0.717, 1.165) is 29.7 Å². The molecule has 1 aliphatic rings. The average Bonchev–Trinajstić information content (AvgIpc) is 3.41. The molecule has 3 N–H and O–H groups in total. The van der Waals surface area contributed by atoms with Gasteiger partial charge < -0.3 is 29.6 Å². The number of carbonyl (C=O) groups excluding carboxylic acids is 2. The molecule has 2 aromatic carbocycles. The van der Waals surface area contributed by atoms with Gasteiger partial charge in [0, 0.05) is 44.5 Å². The molecule has 1 saturated heterocycles. The molecule has 11 heteroatoms. The molecule has 0 saturated carbocycles. The van der Waals surface area contributed by atoms with Crippen LogP contribution in [0.3, 0.4) is 0 Å². The molecule has 0 radical (unpaired) electrons. The number of aromatic amines is 1. The van der Waals surface area contributed by atoms with Crippen LogP contribution in [0.5, 0.6) is 11.5 Å². The number of nitrogens with one attached hydrogen (secondary N) is 1. The zero-order valence-electron chi connectivity index (χ0n) is 25.4. The molecule has 3 heterocycles. The number of likely N-dealkylation sites (tertiary alicyclic amines) is 1. The lowest BCUT2D eigenvalue weighted by Gasteiger charge is -2.33. The van der Waals surface area contributed by atoms with Crippen molar-refractivity contribution in [3.63, 3.8) is 0 Å². The first-order valence-electron chi connectivity index (χ1n) is 14.6. The fourth-order valence-corrected chi connectivity index (χ4v) is 5.28. The smallest absolute Gasteiger partial charge is 0.410 e. The molecule has 11 nitrogen and oxygen atoms in total. The molecule has 1 aliphatic heterocycles. The Hall–Kier alpha value is -5.06. The number of nitrogens with two attached hydrogens (primary N) is 1. The van der Waals surface area contributed by atoms with Gasteiger partial charge in [0.1, 0.15) is 22.6 Å². The molecule has 5 rings (SSSR count). The molecule has 0 spiro atoms. The molecule has 1 fully saturated rings. The summed E-state index contributed by atoms with van der Waals surface area (Å²) in [6.07, 6.45) is 6.15. The number of benzene rings is 2. The summed E-state index contributed by atoms with van der Waals surface area (Å²) in [5.74, 6) is 1.48. The van der Waals surface area contributed by atoms with Crippen molar-refractivity contribution in [1.82, 2.24) is 24.6 Å². The largest absolute Gasteiger partial charge is 0.457 e. The summed E-state index contributed by atoms with van der Waals surface area (Å²) in [7, 11) is 1.62. The molecule has 2 aromatic heterocycles. The number of fused-ring (bicyclic) bond motifs is 1. The van der Waals surface area contributed by atoms with E-state index in [-0.39, 0.29) is 29.9 Å². The number of rotatable bonds is 7. The number of nitrogen functional groups attached to an aromatic ring is 1. The average molecular weight is 599 g/mol. The Morgan fingerprint density at radius 2 is 1.82 bits per heavy atom. The van der Waals surface area contributed by atoms with Crippen molar-refractivity contribution in [2.75, 3.05) is 32.4 Å². The second kappa shape index (κ2) is 12.7. The first-order valence-corrected chi connectivity index (χ1v) is 14.6. The number of likely N-dealkylation sites (N-methyl/N-ethyl adjacent to an activating group) is 1. The van der Waals surface area contributed by atoms with Gasteiger partial charge in [-0.15, -0.1) is 0 Å². The molecule has 0 unspecified atom stereocenters. The number of aromatic nitrogens is 3. The fourth-order valence-electron chi connectivity index (χ4n) is 5.28. The minimum Gasteiger partial charge on any atom is -0.457 e. The summed E-state index contributed by atoms with van der Waals surface area (Å²) in [6, 6.07) is 17.0. The number of para-hydroxylation sites is 1. The number of carbonyl (C=O) groups is 2. The molecule has 0 aliphatic carbocycles. The van der Waals surface area contributed by atoms with Gasteiger partial charge in [-0.25, -0.2) is 9.89 Å². The minimum atomic E-state index is -0.598. The molecule has 2 amide bonds. The highest BCUT2D eigenvalue weighted by atomic mass is 16.6. The summed E-state index contributed by atoms with van der Waals surface area (Å²) in [5.41, 5.74) is 7.42. The van der Waals surface area contributed by atoms with Gasteiger partial charge in [-0.3, -0.25) is 9.59 Å². The van der Waals surface area contributed by atoms with Gasteiger partial charge in [-0.1, -0.05) is 36.4 Å². The molecule has 0 bridgehead atoms. The van der Waals surface area contributed by atoms with Gasteiger partial charge >= 0.3 is 6.09 Å². The van der Waals surface area contributed by atoms with Crippen molar-refractivity contribution >= 4 is 28.7 Å². The summed E-state index contributed by atoms with van der Waals surface area (Å²) in [5, 5.41) is 7.12. The minimum absolute atomic E-state index is 0.148. The third kappa shape index (κ3) is 6.94. The molecular formula is C33H38N6O5. The predicted molar refractivity (Wildman–Crippen MR) is 170 cm³/mol. The van der Waals surface area contributed by atoms with Crippen LogP contribution in [0.1, 0.15) is 39.7 Å². The van der Waals surface area contributed by atoms with Crippen LogP contribution in [-0.4, -0.2) is 68.8 Å². The fraction of sp³-hybridized carbons (Fsp3) is 0.333. The SMILES string of the molecule is CN(C/C=C/C(=O)N1CCC[C@@H](n2cc(-c3ccc(Oc4ccccc4)cc3)c3c(N)n[nH]c(=O)c32)C1)C(=O)OC(C)(C)C. The van der Waals surface area contributed by atoms with Crippen LogP contribution < -0.4 is 16.0 Å². The van der Waals surface area contributed by atoms with E-state index in [9.17, 15) is 14.4 Å². The Bertz CT molecular complexity index is 1720. The number of piperidine rings is 1. The zero-order chi connectivity index (χ0) is 31.4. The lowest BCUT2D eigenvalue weighted by molar-refractivity contribution is -0.127. The zero-order valence-corrected chi connectivity index (χ0v) is 25.4. The van der Waals surface area contributed by atoms with Crippen LogP contribution in [0.2, 0.25) is 0 Å². The van der Waals surface area contributed by atoms with Crippen molar-refractivity contribution in [3.05, 3.63) is 83.3 Å². The lowest BCUT2D eigenvalue weighted by atomic mass is 10.1. The van der Waals surface area contributed by atoms with E-state index in [1.807, 2.05) is 65.4 Å². The van der Waals surface area contributed by atoms with Crippen LogP contribution in [0.15, 0.2) is 77.7 Å². The van der Waals surface area contributed by atoms with Gasteiger partial charge in [-0.2, -0.15) is 5.10 Å². The van der Waals surface area contributed by atoms with Gasteiger partial charge in [0.05, 0.1) is 11.4 Å². The van der Waals surface area contributed by atoms with E-state index < -0.39 is 11.7 Å². The number of ether oxygens (including phenoxy) is 2. The summed E-state index contributed by atoms with van der Waals surface area (Å²) >= 11 is 0. The van der Waals surface area contributed by atoms with Gasteiger partial charge in [0.25, 0.3) is 5.56 Å². The summed E-state index contributed by atoms with van der Waals surface area (Å²) < 4.78 is 13.2. The van der Waals surface area contributed by atoms with E-state index in [1.54, 1.807) is 38.8 Å². The van der Waals surface area contributed by atoms with E-state index in [1.165, 1.54) is 11.0 Å². The molecule has 4 aromatic rings. The summed E-state index contributed by atoms with van der Waals surface area (Å²) in [6.45, 7) is 6.66. The third-order valence-electron chi connectivity index (χ3n) is 7.37. The van der Waals surface area contributed by atoms with Crippen LogP contribution in [0, 0.1) is 0 Å². The normalized spacial score (nSPS) is 15.5. The highest BCUT2D eigenvalue weighted by molar-refractivity contribution is 6.02. The molecule has 1 atom stereocenters. The van der Waals surface area contributed by atoms with Crippen LogP contribution in [0.25, 0.3) is 22.0 Å². The second-order valence-electron chi connectivity index (χ2n) is 11.9.